The van der Waals surface area contributed by atoms with Crippen LogP contribution in [0.5, 0.6) is 0 Å². The standard InChI is InChI=1S/C16H18N4O/c1-12-6-4-8-16(2)11-19(3)20(18-14(12)16)15(21)13-7-5-9-17-10-13/h4-10H,11H2,1-3H3. The molecule has 2 aliphatic rings. The predicted molar refractivity (Wildman–Crippen MR) is 81.5 cm³/mol. The zero-order valence-electron chi connectivity index (χ0n) is 12.4. The summed E-state index contributed by atoms with van der Waals surface area (Å²) < 4.78 is 0. The molecule has 1 aromatic rings. The third-order valence-corrected chi connectivity index (χ3v) is 3.89. The molecule has 21 heavy (non-hydrogen) atoms. The second-order valence-electron chi connectivity index (χ2n) is 5.73. The van der Waals surface area contributed by atoms with Gasteiger partial charge in [-0.05, 0) is 31.6 Å². The largest absolute Gasteiger partial charge is 0.290 e. The van der Waals surface area contributed by atoms with Crippen LogP contribution in [-0.2, 0) is 0 Å². The Bertz CT molecular complexity index is 662. The van der Waals surface area contributed by atoms with Crippen molar-refractivity contribution in [1.82, 2.24) is 15.1 Å². The quantitative estimate of drug-likeness (QED) is 0.794. The maximum absolute atomic E-state index is 12.6. The van der Waals surface area contributed by atoms with Gasteiger partial charge in [0.2, 0.25) is 0 Å². The highest BCUT2D eigenvalue weighted by molar-refractivity contribution is 6.07. The highest BCUT2D eigenvalue weighted by Gasteiger charge is 2.39. The molecular weight excluding hydrogens is 264 g/mol. The topological polar surface area (TPSA) is 48.8 Å². The van der Waals surface area contributed by atoms with Crippen LogP contribution >= 0.6 is 0 Å². The number of rotatable bonds is 1. The van der Waals surface area contributed by atoms with Crippen LogP contribution in [-0.4, -0.2) is 40.3 Å². The number of carbonyl (C=O) groups is 1. The minimum atomic E-state index is -0.164. The first-order valence-electron chi connectivity index (χ1n) is 6.92. The fourth-order valence-corrected chi connectivity index (χ4v) is 2.85. The van der Waals surface area contributed by atoms with Crippen molar-refractivity contribution >= 4 is 11.6 Å². The number of hydrazine groups is 1. The Kier molecular flexibility index (Phi) is 3.22. The molecule has 0 bridgehead atoms. The molecule has 0 N–H and O–H groups in total. The molecule has 5 nitrogen and oxygen atoms in total. The monoisotopic (exact) mass is 282 g/mol. The molecule has 108 valence electrons. The highest BCUT2D eigenvalue weighted by atomic mass is 16.2. The molecule has 0 saturated carbocycles. The molecule has 0 aromatic carbocycles. The van der Waals surface area contributed by atoms with Crippen molar-refractivity contribution in [1.29, 1.82) is 0 Å². The highest BCUT2D eigenvalue weighted by Crippen LogP contribution is 2.33. The second-order valence-corrected chi connectivity index (χ2v) is 5.73. The van der Waals surface area contributed by atoms with Gasteiger partial charge in [-0.3, -0.25) is 9.78 Å². The summed E-state index contributed by atoms with van der Waals surface area (Å²) in [5.74, 6) is -0.164. The zero-order valence-corrected chi connectivity index (χ0v) is 12.4. The van der Waals surface area contributed by atoms with Crippen LogP contribution in [0.3, 0.4) is 0 Å². The molecule has 0 fully saturated rings. The van der Waals surface area contributed by atoms with Gasteiger partial charge in [-0.2, -0.15) is 15.2 Å². The number of pyridine rings is 1. The van der Waals surface area contributed by atoms with Crippen molar-refractivity contribution in [2.45, 2.75) is 13.8 Å². The summed E-state index contributed by atoms with van der Waals surface area (Å²) >= 11 is 0. The van der Waals surface area contributed by atoms with Crippen molar-refractivity contribution < 1.29 is 4.79 Å². The van der Waals surface area contributed by atoms with E-state index < -0.39 is 0 Å². The summed E-state index contributed by atoms with van der Waals surface area (Å²) in [4.78, 5) is 16.6. The third kappa shape index (κ3) is 2.29. The Morgan fingerprint density at radius 2 is 2.24 bits per heavy atom. The fourth-order valence-electron chi connectivity index (χ4n) is 2.85. The first-order valence-corrected chi connectivity index (χ1v) is 6.92. The lowest BCUT2D eigenvalue weighted by Gasteiger charge is -2.42. The van der Waals surface area contributed by atoms with Crippen LogP contribution in [0, 0.1) is 5.41 Å². The number of aromatic nitrogens is 1. The molecule has 1 aliphatic carbocycles. The van der Waals surface area contributed by atoms with Crippen LogP contribution in [0.4, 0.5) is 0 Å². The number of fused-ring (bicyclic) bond motifs is 1. The molecule has 1 atom stereocenters. The Morgan fingerprint density at radius 1 is 1.43 bits per heavy atom. The average Bonchev–Trinajstić information content (AvgIpc) is 2.46. The third-order valence-electron chi connectivity index (χ3n) is 3.89. The van der Waals surface area contributed by atoms with E-state index in [0.29, 0.717) is 12.1 Å². The van der Waals surface area contributed by atoms with Crippen molar-refractivity contribution in [3.8, 4) is 0 Å². The van der Waals surface area contributed by atoms with Crippen molar-refractivity contribution in [3.63, 3.8) is 0 Å². The lowest BCUT2D eigenvalue weighted by molar-refractivity contribution is -0.0105. The number of carbonyl (C=O) groups excluding carboxylic acids is 1. The molecule has 1 aromatic heterocycles. The van der Waals surface area contributed by atoms with E-state index in [4.69, 9.17) is 0 Å². The normalized spacial score (nSPS) is 25.2. The predicted octanol–water partition coefficient (Wildman–Crippen LogP) is 2.26. The molecule has 5 heteroatoms. The fraction of sp³-hybridized carbons (Fsp3) is 0.312. The van der Waals surface area contributed by atoms with Crippen LogP contribution in [0.1, 0.15) is 24.2 Å². The van der Waals surface area contributed by atoms with Crippen molar-refractivity contribution in [2.24, 2.45) is 10.5 Å². The molecule has 0 saturated heterocycles. The number of hydrogen-bond acceptors (Lipinski definition) is 4. The number of nitrogens with zero attached hydrogens (tertiary/aromatic N) is 4. The summed E-state index contributed by atoms with van der Waals surface area (Å²) in [6.07, 6.45) is 9.44. The van der Waals surface area contributed by atoms with Gasteiger partial charge in [-0.1, -0.05) is 18.2 Å². The van der Waals surface area contributed by atoms with Crippen LogP contribution in [0.25, 0.3) is 0 Å². The van der Waals surface area contributed by atoms with Gasteiger partial charge in [0.1, 0.15) is 0 Å². The molecule has 1 unspecified atom stereocenters. The lowest BCUT2D eigenvalue weighted by atomic mass is 9.78. The summed E-state index contributed by atoms with van der Waals surface area (Å²) in [6.45, 7) is 4.87. The van der Waals surface area contributed by atoms with E-state index in [2.05, 4.69) is 29.2 Å². The Morgan fingerprint density at radius 3 is 2.95 bits per heavy atom. The van der Waals surface area contributed by atoms with Gasteiger partial charge in [0.15, 0.2) is 0 Å². The van der Waals surface area contributed by atoms with Gasteiger partial charge in [0, 0.05) is 31.4 Å². The lowest BCUT2D eigenvalue weighted by Crippen LogP contribution is -2.53. The second kappa shape index (κ2) is 4.93. The Hall–Kier alpha value is -2.27. The van der Waals surface area contributed by atoms with Gasteiger partial charge in [-0.25, -0.2) is 0 Å². The minimum absolute atomic E-state index is 0.153. The number of hydrazone groups is 1. The zero-order chi connectivity index (χ0) is 15.0. The minimum Gasteiger partial charge on any atom is -0.266 e. The summed E-state index contributed by atoms with van der Waals surface area (Å²) in [5, 5.41) is 7.88. The van der Waals surface area contributed by atoms with Gasteiger partial charge >= 0.3 is 0 Å². The molecule has 1 aliphatic heterocycles. The molecule has 2 heterocycles. The number of hydrogen-bond donors (Lipinski definition) is 0. The average molecular weight is 282 g/mol. The van der Waals surface area contributed by atoms with Crippen LogP contribution in [0.15, 0.2) is 53.4 Å². The Balaban J connectivity index is 1.99. The maximum Gasteiger partial charge on any atom is 0.290 e. The molecule has 1 amide bonds. The van der Waals surface area contributed by atoms with E-state index in [0.717, 1.165) is 11.3 Å². The van der Waals surface area contributed by atoms with E-state index in [1.807, 2.05) is 25.1 Å². The molecule has 0 radical (unpaired) electrons. The Labute approximate surface area is 124 Å². The smallest absolute Gasteiger partial charge is 0.266 e. The first-order chi connectivity index (χ1) is 10.0. The summed E-state index contributed by atoms with van der Waals surface area (Å²) in [7, 11) is 1.88. The van der Waals surface area contributed by atoms with Gasteiger partial charge in [0.05, 0.1) is 11.3 Å². The van der Waals surface area contributed by atoms with E-state index in [9.17, 15) is 4.79 Å². The number of allylic oxidation sites excluding steroid dienone is 3. The molecule has 3 rings (SSSR count). The van der Waals surface area contributed by atoms with Crippen LogP contribution in [0.2, 0.25) is 0 Å². The molecule has 0 spiro atoms. The SMILES string of the molecule is CC1=CC=CC2(C)CN(C)N(C(=O)c3cccnc3)N=C12. The van der Waals surface area contributed by atoms with Crippen LogP contribution < -0.4 is 0 Å². The number of amides is 1. The van der Waals surface area contributed by atoms with E-state index in [-0.39, 0.29) is 11.3 Å². The van der Waals surface area contributed by atoms with Gasteiger partial charge < -0.3 is 0 Å². The molecular formula is C16H18N4O. The van der Waals surface area contributed by atoms with E-state index >= 15 is 0 Å². The first kappa shape index (κ1) is 13.7. The summed E-state index contributed by atoms with van der Waals surface area (Å²) in [6, 6.07) is 3.50. The van der Waals surface area contributed by atoms with E-state index in [1.54, 1.807) is 24.5 Å². The van der Waals surface area contributed by atoms with Gasteiger partial charge in [0.25, 0.3) is 5.91 Å². The van der Waals surface area contributed by atoms with E-state index in [1.165, 1.54) is 5.12 Å². The van der Waals surface area contributed by atoms with Crippen molar-refractivity contribution in [3.05, 3.63) is 53.9 Å². The van der Waals surface area contributed by atoms with Gasteiger partial charge in [-0.15, -0.1) is 0 Å². The maximum atomic E-state index is 12.6. The summed E-state index contributed by atoms with van der Waals surface area (Å²) in [5.41, 5.74) is 2.42. The van der Waals surface area contributed by atoms with Crippen molar-refractivity contribution in [2.75, 3.05) is 13.6 Å².